The van der Waals surface area contributed by atoms with Gasteiger partial charge < -0.3 is 15.7 Å². The zero-order valence-corrected chi connectivity index (χ0v) is 18.2. The molecule has 9 nitrogen and oxygen atoms in total. The zero-order chi connectivity index (χ0) is 24.7. The highest BCUT2D eigenvalue weighted by molar-refractivity contribution is 6.35. The van der Waals surface area contributed by atoms with E-state index in [9.17, 15) is 23.6 Å². The molecule has 0 aliphatic heterocycles. The summed E-state index contributed by atoms with van der Waals surface area (Å²) in [5.41, 5.74) is -0.195. The van der Waals surface area contributed by atoms with Gasteiger partial charge in [-0.1, -0.05) is 28.7 Å². The fourth-order valence-corrected chi connectivity index (χ4v) is 3.96. The summed E-state index contributed by atoms with van der Waals surface area (Å²) in [6.07, 6.45) is 0.559. The van der Waals surface area contributed by atoms with E-state index < -0.39 is 12.2 Å². The van der Waals surface area contributed by atoms with E-state index in [1.807, 2.05) is 0 Å². The highest BCUT2D eigenvalue weighted by Crippen LogP contribution is 2.41. The van der Waals surface area contributed by atoms with Gasteiger partial charge in [-0.15, -0.1) is 0 Å². The molecule has 0 radical (unpaired) electrons. The zero-order valence-electron chi connectivity index (χ0n) is 17.4. The van der Waals surface area contributed by atoms with Crippen molar-refractivity contribution in [1.29, 1.82) is 0 Å². The van der Waals surface area contributed by atoms with Gasteiger partial charge in [0.05, 0.1) is 21.8 Å². The van der Waals surface area contributed by atoms with Crippen LogP contribution in [0.1, 0.15) is 11.6 Å². The van der Waals surface area contributed by atoms with Crippen LogP contribution in [0.2, 0.25) is 5.02 Å². The van der Waals surface area contributed by atoms with Crippen LogP contribution in [0.15, 0.2) is 67.6 Å². The van der Waals surface area contributed by atoms with E-state index in [1.165, 1.54) is 24.4 Å². The summed E-state index contributed by atoms with van der Waals surface area (Å²) in [5.74, 6) is -0.324. The normalized spacial score (nSPS) is 12.7. The number of anilines is 1. The number of hydrogen-bond acceptors (Lipinski definition) is 7. The van der Waals surface area contributed by atoms with Gasteiger partial charge in [-0.05, 0) is 18.2 Å². The van der Waals surface area contributed by atoms with E-state index in [0.717, 1.165) is 25.0 Å². The lowest BCUT2D eigenvalue weighted by Crippen LogP contribution is -2.32. The standard InChI is InChI=1S/C22H13ClF3N7O2/c23-15-4-1-3-12-7-14(17(30-18(12)15)13-8-27-11-32(34)9-13)20(22(24,25)26)31-21-19-16(28-10-29-21)5-2-6-33(19)35/h1-11,20H,(H,28,29,31)/t20-/m1/s1. The molecule has 13 heteroatoms. The van der Waals surface area contributed by atoms with Crippen molar-refractivity contribution in [2.45, 2.75) is 12.2 Å². The van der Waals surface area contributed by atoms with E-state index in [-0.39, 0.29) is 44.2 Å². The Morgan fingerprint density at radius 1 is 1.09 bits per heavy atom. The Hall–Kier alpha value is -4.32. The van der Waals surface area contributed by atoms with Crippen LogP contribution >= 0.6 is 11.6 Å². The summed E-state index contributed by atoms with van der Waals surface area (Å²) in [7, 11) is 0. The van der Waals surface area contributed by atoms with Crippen LogP contribution in [0.3, 0.4) is 0 Å². The predicted octanol–water partition coefficient (Wildman–Crippen LogP) is 3.88. The molecule has 1 N–H and O–H groups in total. The molecule has 1 aromatic carbocycles. The smallest absolute Gasteiger partial charge is 0.412 e. The van der Waals surface area contributed by atoms with Crippen molar-refractivity contribution in [3.05, 3.63) is 88.6 Å². The number of rotatable bonds is 4. The molecule has 5 rings (SSSR count). The number of fused-ring (bicyclic) bond motifs is 2. The molecule has 1 atom stereocenters. The summed E-state index contributed by atoms with van der Waals surface area (Å²) < 4.78 is 44.3. The summed E-state index contributed by atoms with van der Waals surface area (Å²) in [5, 5.41) is 27.1. The molecule has 0 amide bonds. The van der Waals surface area contributed by atoms with Gasteiger partial charge in [0.15, 0.2) is 18.4 Å². The first-order chi connectivity index (χ1) is 16.7. The minimum absolute atomic E-state index is 0.0433. The van der Waals surface area contributed by atoms with Gasteiger partial charge >= 0.3 is 6.18 Å². The van der Waals surface area contributed by atoms with E-state index in [4.69, 9.17) is 11.6 Å². The van der Waals surface area contributed by atoms with Crippen molar-refractivity contribution in [2.75, 3.05) is 5.32 Å². The van der Waals surface area contributed by atoms with Crippen molar-refractivity contribution >= 4 is 39.4 Å². The highest BCUT2D eigenvalue weighted by atomic mass is 35.5. The summed E-state index contributed by atoms with van der Waals surface area (Å²) in [6.45, 7) is 0. The molecule has 0 saturated heterocycles. The molecule has 4 heterocycles. The molecular weight excluding hydrogens is 487 g/mol. The average Bonchev–Trinajstić information content (AvgIpc) is 2.81. The SMILES string of the molecule is [O-][n+]1cncc(-c2nc3c(Cl)cccc3cc2[C@@H](Nc2ncnc3ccc[n+]([O-])c23)C(F)(F)F)c1. The second-order valence-electron chi connectivity index (χ2n) is 7.48. The number of nitrogens with one attached hydrogen (secondary N) is 1. The van der Waals surface area contributed by atoms with Gasteiger partial charge in [0.1, 0.15) is 18.0 Å². The number of hydrogen-bond donors (Lipinski definition) is 1. The Bertz CT molecular complexity index is 1580. The van der Waals surface area contributed by atoms with Gasteiger partial charge in [-0.25, -0.2) is 19.7 Å². The lowest BCUT2D eigenvalue weighted by Gasteiger charge is -2.24. The maximum atomic E-state index is 14.5. The van der Waals surface area contributed by atoms with Crippen LogP contribution in [-0.4, -0.2) is 26.1 Å². The van der Waals surface area contributed by atoms with Gasteiger partial charge in [-0.3, -0.25) is 0 Å². The Labute approximate surface area is 199 Å². The quantitative estimate of drug-likeness (QED) is 0.294. The summed E-state index contributed by atoms with van der Waals surface area (Å²) >= 11 is 6.24. The molecule has 5 aromatic rings. The van der Waals surface area contributed by atoms with Crippen LogP contribution in [-0.2, 0) is 0 Å². The number of nitrogens with zero attached hydrogens (tertiary/aromatic N) is 6. The fraction of sp³-hybridized carbons (Fsp3) is 0.0909. The fourth-order valence-electron chi connectivity index (χ4n) is 3.73. The molecular formula is C22H13ClF3N7O2. The molecule has 176 valence electrons. The predicted molar refractivity (Wildman–Crippen MR) is 120 cm³/mol. The highest BCUT2D eigenvalue weighted by Gasteiger charge is 2.44. The van der Waals surface area contributed by atoms with E-state index >= 15 is 0 Å². The topological polar surface area (TPSA) is 117 Å². The molecule has 35 heavy (non-hydrogen) atoms. The number of aromatic nitrogens is 6. The van der Waals surface area contributed by atoms with Crippen LogP contribution in [0.25, 0.3) is 33.2 Å². The minimum atomic E-state index is -4.86. The van der Waals surface area contributed by atoms with Crippen LogP contribution in [0.4, 0.5) is 19.0 Å². The van der Waals surface area contributed by atoms with Crippen molar-refractivity contribution in [3.63, 3.8) is 0 Å². The third-order valence-electron chi connectivity index (χ3n) is 5.23. The lowest BCUT2D eigenvalue weighted by atomic mass is 9.98. The van der Waals surface area contributed by atoms with Crippen molar-refractivity contribution in [2.24, 2.45) is 0 Å². The van der Waals surface area contributed by atoms with Gasteiger partial charge in [0, 0.05) is 17.0 Å². The third-order valence-corrected chi connectivity index (χ3v) is 5.53. The lowest BCUT2D eigenvalue weighted by molar-refractivity contribution is -0.608. The molecule has 0 spiro atoms. The van der Waals surface area contributed by atoms with Crippen molar-refractivity contribution < 1.29 is 22.6 Å². The molecule has 0 bridgehead atoms. The van der Waals surface area contributed by atoms with Gasteiger partial charge in [0.2, 0.25) is 5.82 Å². The number of pyridine rings is 2. The van der Waals surface area contributed by atoms with E-state index in [0.29, 0.717) is 14.8 Å². The number of benzene rings is 1. The molecule has 0 saturated carbocycles. The molecule has 0 aliphatic carbocycles. The minimum Gasteiger partial charge on any atom is -0.711 e. The number of halogens is 4. The van der Waals surface area contributed by atoms with Crippen molar-refractivity contribution in [1.82, 2.24) is 19.9 Å². The molecule has 0 unspecified atom stereocenters. The Morgan fingerprint density at radius 2 is 1.91 bits per heavy atom. The Kier molecular flexibility index (Phi) is 5.44. The molecule has 0 fully saturated rings. The second-order valence-corrected chi connectivity index (χ2v) is 7.89. The van der Waals surface area contributed by atoms with E-state index in [1.54, 1.807) is 18.2 Å². The monoisotopic (exact) mass is 499 g/mol. The Morgan fingerprint density at radius 3 is 2.69 bits per heavy atom. The first-order valence-corrected chi connectivity index (χ1v) is 10.4. The van der Waals surface area contributed by atoms with Crippen molar-refractivity contribution in [3.8, 4) is 11.3 Å². The van der Waals surface area contributed by atoms with E-state index in [2.05, 4.69) is 25.3 Å². The van der Waals surface area contributed by atoms with Crippen LogP contribution < -0.4 is 14.8 Å². The van der Waals surface area contributed by atoms with Gasteiger partial charge in [-0.2, -0.15) is 17.9 Å². The first kappa shape index (κ1) is 22.5. The molecule has 4 aromatic heterocycles. The second kappa shape index (κ2) is 8.47. The van der Waals surface area contributed by atoms with Crippen LogP contribution in [0, 0.1) is 10.4 Å². The first-order valence-electron chi connectivity index (χ1n) is 10.0. The van der Waals surface area contributed by atoms with Crippen LogP contribution in [0.5, 0.6) is 0 Å². The summed E-state index contributed by atoms with van der Waals surface area (Å²) in [6, 6.07) is 6.52. The number of alkyl halides is 3. The maximum absolute atomic E-state index is 14.5. The maximum Gasteiger partial charge on any atom is 0.412 e. The largest absolute Gasteiger partial charge is 0.711 e. The average molecular weight is 500 g/mol. The summed E-state index contributed by atoms with van der Waals surface area (Å²) in [4.78, 5) is 16.0. The molecule has 0 aliphatic rings. The number of para-hydroxylation sites is 1. The third kappa shape index (κ3) is 4.19. The van der Waals surface area contributed by atoms with Gasteiger partial charge in [0.25, 0.3) is 11.8 Å². The Balaban J connectivity index is 1.77.